The predicted octanol–water partition coefficient (Wildman–Crippen LogP) is 5.66. The van der Waals surface area contributed by atoms with Crippen LogP contribution in [0.2, 0.25) is 4.34 Å². The summed E-state index contributed by atoms with van der Waals surface area (Å²) in [5.74, 6) is 0.686. The number of piperidine rings is 1. The van der Waals surface area contributed by atoms with Crippen LogP contribution in [0.5, 0.6) is 0 Å². The lowest BCUT2D eigenvalue weighted by atomic mass is 10.0. The molecule has 6 nitrogen and oxygen atoms in total. The van der Waals surface area contributed by atoms with Crippen molar-refractivity contribution in [1.29, 1.82) is 0 Å². The van der Waals surface area contributed by atoms with E-state index in [1.165, 1.54) is 11.3 Å². The van der Waals surface area contributed by atoms with Gasteiger partial charge in [0.25, 0.3) is 5.91 Å². The summed E-state index contributed by atoms with van der Waals surface area (Å²) in [5.41, 5.74) is 2.50. The molecule has 1 saturated heterocycles. The number of carbonyl (C=O) groups is 1. The van der Waals surface area contributed by atoms with Gasteiger partial charge in [0, 0.05) is 48.3 Å². The smallest absolute Gasteiger partial charge is 0.253 e. The molecule has 1 aromatic carbocycles. The molecule has 1 aliphatic heterocycles. The van der Waals surface area contributed by atoms with E-state index in [2.05, 4.69) is 33.8 Å². The van der Waals surface area contributed by atoms with E-state index >= 15 is 0 Å². The van der Waals surface area contributed by atoms with E-state index in [0.29, 0.717) is 28.2 Å². The molecule has 1 amide bonds. The molecule has 0 bridgehead atoms. The zero-order chi connectivity index (χ0) is 22.9. The maximum atomic E-state index is 13.2. The van der Waals surface area contributed by atoms with Crippen molar-refractivity contribution < 1.29 is 9.32 Å². The molecule has 1 fully saturated rings. The van der Waals surface area contributed by atoms with Crippen LogP contribution in [0.4, 0.5) is 0 Å². The van der Waals surface area contributed by atoms with E-state index in [-0.39, 0.29) is 11.9 Å². The lowest BCUT2D eigenvalue weighted by Crippen LogP contribution is -2.46. The number of hydrogen-bond donors (Lipinski definition) is 1. The molecule has 0 spiro atoms. The predicted molar refractivity (Wildman–Crippen MR) is 133 cm³/mol. The van der Waals surface area contributed by atoms with Crippen molar-refractivity contribution in [3.05, 3.63) is 64.3 Å². The van der Waals surface area contributed by atoms with Crippen LogP contribution in [0, 0.1) is 0 Å². The number of nitrogens with zero attached hydrogens (tertiary/aromatic N) is 3. The third-order valence-electron chi connectivity index (χ3n) is 6.34. The summed E-state index contributed by atoms with van der Waals surface area (Å²) in [6.07, 6.45) is 3.90. The third-order valence-corrected chi connectivity index (χ3v) is 7.58. The van der Waals surface area contributed by atoms with Gasteiger partial charge in [-0.1, -0.05) is 35.0 Å². The Kier molecular flexibility index (Phi) is 6.27. The second-order valence-corrected chi connectivity index (χ2v) is 10.6. The normalized spacial score (nSPS) is 15.5. The van der Waals surface area contributed by atoms with E-state index in [0.717, 1.165) is 47.4 Å². The van der Waals surface area contributed by atoms with Gasteiger partial charge in [0.15, 0.2) is 5.76 Å². The Morgan fingerprint density at radius 2 is 2.03 bits per heavy atom. The number of rotatable bonds is 6. The number of thiophene rings is 1. The van der Waals surface area contributed by atoms with Crippen molar-refractivity contribution in [2.45, 2.75) is 45.3 Å². The molecule has 3 aromatic heterocycles. The van der Waals surface area contributed by atoms with E-state index < -0.39 is 0 Å². The van der Waals surface area contributed by atoms with Crippen molar-refractivity contribution in [3.8, 4) is 10.6 Å². The monoisotopic (exact) mass is 482 g/mol. The molecular weight excluding hydrogens is 456 g/mol. The van der Waals surface area contributed by atoms with E-state index in [4.69, 9.17) is 16.1 Å². The van der Waals surface area contributed by atoms with Gasteiger partial charge >= 0.3 is 0 Å². The highest BCUT2D eigenvalue weighted by Gasteiger charge is 2.24. The highest BCUT2D eigenvalue weighted by molar-refractivity contribution is 7.19. The van der Waals surface area contributed by atoms with Gasteiger partial charge in [0.2, 0.25) is 0 Å². The van der Waals surface area contributed by atoms with Crippen LogP contribution in [0.3, 0.4) is 0 Å². The average molecular weight is 483 g/mol. The minimum atomic E-state index is -0.0120. The van der Waals surface area contributed by atoms with Gasteiger partial charge in [-0.2, -0.15) is 0 Å². The summed E-state index contributed by atoms with van der Waals surface area (Å²) < 4.78 is 8.31. The van der Waals surface area contributed by atoms with Gasteiger partial charge in [-0.25, -0.2) is 0 Å². The minimum absolute atomic E-state index is 0.0120. The van der Waals surface area contributed by atoms with Crippen LogP contribution in [0.25, 0.3) is 21.5 Å². The molecule has 33 heavy (non-hydrogen) atoms. The molecule has 0 saturated carbocycles. The highest BCUT2D eigenvalue weighted by atomic mass is 35.5. The first-order chi connectivity index (χ1) is 16.0. The molecule has 4 aromatic rings. The second kappa shape index (κ2) is 9.33. The molecule has 0 atom stereocenters. The van der Waals surface area contributed by atoms with Crippen LogP contribution >= 0.6 is 22.9 Å². The van der Waals surface area contributed by atoms with Crippen molar-refractivity contribution >= 4 is 39.7 Å². The first kappa shape index (κ1) is 22.2. The lowest BCUT2D eigenvalue weighted by Gasteiger charge is -2.34. The summed E-state index contributed by atoms with van der Waals surface area (Å²) in [5, 5.41) is 8.45. The third kappa shape index (κ3) is 4.71. The molecule has 1 N–H and O–H groups in total. The zero-order valence-electron chi connectivity index (χ0n) is 18.8. The van der Waals surface area contributed by atoms with Gasteiger partial charge in [-0.15, -0.1) is 11.3 Å². The Labute approximate surface area is 202 Å². The van der Waals surface area contributed by atoms with E-state index in [1.807, 2.05) is 48.7 Å². The van der Waals surface area contributed by atoms with Crippen LogP contribution in [0.1, 0.15) is 42.7 Å². The van der Waals surface area contributed by atoms with Crippen molar-refractivity contribution in [1.82, 2.24) is 19.9 Å². The van der Waals surface area contributed by atoms with Crippen LogP contribution in [-0.4, -0.2) is 45.7 Å². The summed E-state index contributed by atoms with van der Waals surface area (Å²) >= 11 is 7.51. The van der Waals surface area contributed by atoms with Crippen LogP contribution in [0.15, 0.2) is 53.2 Å². The van der Waals surface area contributed by atoms with Gasteiger partial charge in [0.1, 0.15) is 5.69 Å². The summed E-state index contributed by atoms with van der Waals surface area (Å²) in [6.45, 7) is 7.01. The fraction of sp³-hybridized carbons (Fsp3) is 0.360. The number of benzene rings is 1. The quantitative estimate of drug-likeness (QED) is 0.385. The van der Waals surface area contributed by atoms with Gasteiger partial charge in [-0.3, -0.25) is 4.79 Å². The van der Waals surface area contributed by atoms with Crippen LogP contribution in [-0.2, 0) is 6.54 Å². The number of fused-ring (bicyclic) bond motifs is 1. The van der Waals surface area contributed by atoms with Crippen LogP contribution < -0.4 is 5.32 Å². The number of nitrogens with one attached hydrogen (secondary N) is 1. The van der Waals surface area contributed by atoms with Crippen molar-refractivity contribution in [2.24, 2.45) is 0 Å². The lowest BCUT2D eigenvalue weighted by molar-refractivity contribution is 0.0902. The first-order valence-electron chi connectivity index (χ1n) is 11.3. The number of carbonyl (C=O) groups excluding carboxylic acids is 1. The standard InChI is InChI=1S/C25H27ClN4O2S/c1-16(2)29-11-9-17(10-12-29)27-25(31)20-15-30(21-6-4-3-5-19(20)21)14-18-13-22(32-28-18)23-7-8-24(26)33-23/h3-8,13,15-17H,9-12,14H2,1-2H3,(H,27,31). The first-order valence-corrected chi connectivity index (χ1v) is 12.5. The summed E-state index contributed by atoms with van der Waals surface area (Å²) in [4.78, 5) is 16.6. The number of halogens is 1. The average Bonchev–Trinajstić information content (AvgIpc) is 3.53. The van der Waals surface area contributed by atoms with Crippen molar-refractivity contribution in [2.75, 3.05) is 13.1 Å². The molecule has 0 radical (unpaired) electrons. The largest absolute Gasteiger partial charge is 0.355 e. The van der Waals surface area contributed by atoms with E-state index in [1.54, 1.807) is 0 Å². The summed E-state index contributed by atoms with van der Waals surface area (Å²) in [7, 11) is 0. The fourth-order valence-electron chi connectivity index (χ4n) is 4.51. The molecule has 1 aliphatic rings. The Bertz CT molecular complexity index is 1270. The number of amides is 1. The van der Waals surface area contributed by atoms with Gasteiger partial charge < -0.3 is 19.3 Å². The highest BCUT2D eigenvalue weighted by Crippen LogP contribution is 2.32. The maximum Gasteiger partial charge on any atom is 0.253 e. The van der Waals surface area contributed by atoms with Gasteiger partial charge in [0.05, 0.1) is 21.3 Å². The summed E-state index contributed by atoms with van der Waals surface area (Å²) in [6, 6.07) is 14.5. The molecular formula is C25H27ClN4O2S. The molecule has 0 aliphatic carbocycles. The van der Waals surface area contributed by atoms with E-state index in [9.17, 15) is 4.79 Å². The number of likely N-dealkylation sites (tertiary alicyclic amines) is 1. The van der Waals surface area contributed by atoms with Gasteiger partial charge in [-0.05, 0) is 44.9 Å². The number of para-hydroxylation sites is 1. The Morgan fingerprint density at radius 3 is 2.76 bits per heavy atom. The molecule has 8 heteroatoms. The number of hydrogen-bond acceptors (Lipinski definition) is 5. The number of aromatic nitrogens is 2. The zero-order valence-corrected chi connectivity index (χ0v) is 20.3. The second-order valence-electron chi connectivity index (χ2n) is 8.85. The Balaban J connectivity index is 1.34. The van der Waals surface area contributed by atoms with Crippen molar-refractivity contribution in [3.63, 3.8) is 0 Å². The minimum Gasteiger partial charge on any atom is -0.355 e. The SMILES string of the molecule is CC(C)N1CCC(NC(=O)c2cn(Cc3cc(-c4ccc(Cl)s4)on3)c3ccccc23)CC1. The molecule has 5 rings (SSSR count). The maximum absolute atomic E-state index is 13.2. The molecule has 4 heterocycles. The molecule has 172 valence electrons. The topological polar surface area (TPSA) is 63.3 Å². The Morgan fingerprint density at radius 1 is 1.24 bits per heavy atom. The Hall–Kier alpha value is -2.61. The fourth-order valence-corrected chi connectivity index (χ4v) is 5.50. The molecule has 0 unspecified atom stereocenters.